The molecule has 0 unspecified atom stereocenters. The van der Waals surface area contributed by atoms with Crippen LogP contribution in [-0.2, 0) is 16.6 Å². The number of anilines is 1. The van der Waals surface area contributed by atoms with Gasteiger partial charge in [0.2, 0.25) is 5.91 Å². The molecule has 0 bridgehead atoms. The molecule has 3 aromatic rings. The van der Waals surface area contributed by atoms with Gasteiger partial charge in [0.25, 0.3) is 15.9 Å². The number of thiophene rings is 1. The Morgan fingerprint density at radius 1 is 0.964 bits per heavy atom. The fraction of sp³-hybridized carbons (Fsp3) is 0.0526. The maximum atomic E-state index is 12.3. The van der Waals surface area contributed by atoms with Crippen LogP contribution >= 0.6 is 11.3 Å². The zero-order chi connectivity index (χ0) is 20.1. The number of primary amides is 1. The zero-order valence-electron chi connectivity index (χ0n) is 14.6. The van der Waals surface area contributed by atoms with Crippen LogP contribution in [0.4, 0.5) is 5.69 Å². The van der Waals surface area contributed by atoms with E-state index in [9.17, 15) is 18.0 Å². The van der Waals surface area contributed by atoms with Gasteiger partial charge >= 0.3 is 0 Å². The van der Waals surface area contributed by atoms with E-state index in [1.165, 1.54) is 30.3 Å². The van der Waals surface area contributed by atoms with Crippen LogP contribution in [0, 0.1) is 0 Å². The first-order chi connectivity index (χ1) is 13.3. The molecule has 0 atom stereocenters. The van der Waals surface area contributed by atoms with Gasteiger partial charge in [-0.1, -0.05) is 18.2 Å². The quantitative estimate of drug-likeness (QED) is 0.549. The third kappa shape index (κ3) is 4.76. The molecule has 1 heterocycles. The normalized spacial score (nSPS) is 11.0. The number of hydrogen-bond donors (Lipinski definition) is 3. The van der Waals surface area contributed by atoms with E-state index in [4.69, 9.17) is 5.73 Å². The summed E-state index contributed by atoms with van der Waals surface area (Å²) in [6.07, 6.45) is 0. The Bertz CT molecular complexity index is 1090. The Labute approximate surface area is 166 Å². The molecule has 1 aromatic heterocycles. The summed E-state index contributed by atoms with van der Waals surface area (Å²) in [5, 5.41) is 4.43. The number of sulfonamides is 1. The molecule has 0 aliphatic heterocycles. The molecular weight excluding hydrogens is 398 g/mol. The lowest BCUT2D eigenvalue weighted by molar-refractivity contribution is 0.0950. The lowest BCUT2D eigenvalue weighted by Crippen LogP contribution is -2.23. The van der Waals surface area contributed by atoms with Crippen LogP contribution in [0.3, 0.4) is 0 Å². The second-order valence-corrected chi connectivity index (χ2v) is 8.72. The third-order valence-electron chi connectivity index (χ3n) is 3.82. The summed E-state index contributed by atoms with van der Waals surface area (Å²) in [7, 11) is -3.63. The number of nitrogens with one attached hydrogen (secondary N) is 2. The Morgan fingerprint density at radius 3 is 2.36 bits per heavy atom. The lowest BCUT2D eigenvalue weighted by Gasteiger charge is -2.09. The first kappa shape index (κ1) is 19.6. The average Bonchev–Trinajstić information content (AvgIpc) is 3.22. The molecule has 2 aromatic carbocycles. The molecule has 0 spiro atoms. The van der Waals surface area contributed by atoms with Crippen LogP contribution in [0.25, 0.3) is 0 Å². The van der Waals surface area contributed by atoms with Crippen LogP contribution in [0.1, 0.15) is 26.3 Å². The summed E-state index contributed by atoms with van der Waals surface area (Å²) in [5.74, 6) is -0.856. The predicted octanol–water partition coefficient (Wildman–Crippen LogP) is 2.58. The minimum Gasteiger partial charge on any atom is -0.366 e. The van der Waals surface area contributed by atoms with Gasteiger partial charge in [0.1, 0.15) is 4.21 Å². The van der Waals surface area contributed by atoms with E-state index >= 15 is 0 Å². The van der Waals surface area contributed by atoms with Crippen molar-refractivity contribution in [1.29, 1.82) is 0 Å². The van der Waals surface area contributed by atoms with E-state index in [0.29, 0.717) is 16.8 Å². The minimum absolute atomic E-state index is 0.215. The minimum atomic E-state index is -3.63. The number of carbonyl (C=O) groups is 2. The highest BCUT2D eigenvalue weighted by atomic mass is 32.2. The first-order valence-corrected chi connectivity index (χ1v) is 10.5. The van der Waals surface area contributed by atoms with Gasteiger partial charge in [0.15, 0.2) is 0 Å². The van der Waals surface area contributed by atoms with Crippen molar-refractivity contribution in [3.05, 3.63) is 82.7 Å². The molecule has 0 fully saturated rings. The highest BCUT2D eigenvalue weighted by molar-refractivity contribution is 7.94. The molecule has 2 amide bonds. The van der Waals surface area contributed by atoms with E-state index in [-0.39, 0.29) is 16.7 Å². The fourth-order valence-corrected chi connectivity index (χ4v) is 4.48. The van der Waals surface area contributed by atoms with Crippen LogP contribution in [0.15, 0.2) is 70.3 Å². The Kier molecular flexibility index (Phi) is 5.76. The highest BCUT2D eigenvalue weighted by Gasteiger charge is 2.15. The number of benzene rings is 2. The largest absolute Gasteiger partial charge is 0.366 e. The van der Waals surface area contributed by atoms with E-state index in [1.807, 2.05) is 0 Å². The summed E-state index contributed by atoms with van der Waals surface area (Å²) in [4.78, 5) is 23.5. The predicted molar refractivity (Wildman–Crippen MR) is 108 cm³/mol. The van der Waals surface area contributed by atoms with Gasteiger partial charge < -0.3 is 11.1 Å². The Morgan fingerprint density at radius 2 is 1.71 bits per heavy atom. The van der Waals surface area contributed by atoms with Crippen molar-refractivity contribution in [2.24, 2.45) is 5.73 Å². The molecule has 0 aliphatic carbocycles. The van der Waals surface area contributed by atoms with Crippen molar-refractivity contribution in [1.82, 2.24) is 5.32 Å². The van der Waals surface area contributed by atoms with E-state index in [2.05, 4.69) is 10.0 Å². The second-order valence-electron chi connectivity index (χ2n) is 5.86. The number of amides is 2. The van der Waals surface area contributed by atoms with Gasteiger partial charge in [0, 0.05) is 23.4 Å². The van der Waals surface area contributed by atoms with E-state index in [1.54, 1.807) is 35.7 Å². The van der Waals surface area contributed by atoms with Gasteiger partial charge in [-0.15, -0.1) is 11.3 Å². The fourth-order valence-electron chi connectivity index (χ4n) is 2.43. The molecular formula is C19H17N3O4S2. The molecule has 0 saturated heterocycles. The zero-order valence-corrected chi connectivity index (χ0v) is 16.2. The van der Waals surface area contributed by atoms with Gasteiger partial charge in [0.05, 0.1) is 0 Å². The highest BCUT2D eigenvalue weighted by Crippen LogP contribution is 2.20. The Balaban J connectivity index is 1.62. The summed E-state index contributed by atoms with van der Waals surface area (Å²) >= 11 is 1.12. The number of rotatable bonds is 7. The summed E-state index contributed by atoms with van der Waals surface area (Å²) in [6, 6.07) is 16.0. The molecule has 0 aliphatic rings. The number of carbonyl (C=O) groups excluding carboxylic acids is 2. The van der Waals surface area contributed by atoms with E-state index < -0.39 is 15.9 Å². The van der Waals surface area contributed by atoms with Crippen molar-refractivity contribution in [3.8, 4) is 0 Å². The third-order valence-corrected chi connectivity index (χ3v) is 6.60. The lowest BCUT2D eigenvalue weighted by atomic mass is 10.1. The molecule has 9 heteroatoms. The standard InChI is InChI=1S/C19H17N3O4S2/c20-18(23)15-4-1-3-13(11-15)12-21-19(24)14-6-8-16(9-7-14)22-28(25,26)17-5-2-10-27-17/h1-11,22H,12H2,(H2,20,23)(H,21,24). The van der Waals surface area contributed by atoms with Gasteiger partial charge in [-0.3, -0.25) is 14.3 Å². The summed E-state index contributed by atoms with van der Waals surface area (Å²) in [5.41, 5.74) is 7.09. The summed E-state index contributed by atoms with van der Waals surface area (Å²) in [6.45, 7) is 0.229. The number of nitrogens with two attached hydrogens (primary N) is 1. The molecule has 144 valence electrons. The molecule has 3 rings (SSSR count). The Hall–Kier alpha value is -3.17. The first-order valence-electron chi connectivity index (χ1n) is 8.18. The van der Waals surface area contributed by atoms with Gasteiger partial charge in [-0.05, 0) is 53.4 Å². The van der Waals surface area contributed by atoms with Crippen molar-refractivity contribution in [2.75, 3.05) is 4.72 Å². The number of hydrogen-bond acceptors (Lipinski definition) is 5. The van der Waals surface area contributed by atoms with Crippen molar-refractivity contribution in [2.45, 2.75) is 10.8 Å². The van der Waals surface area contributed by atoms with Crippen molar-refractivity contribution < 1.29 is 18.0 Å². The second kappa shape index (κ2) is 8.24. The van der Waals surface area contributed by atoms with Crippen LogP contribution < -0.4 is 15.8 Å². The van der Waals surface area contributed by atoms with Gasteiger partial charge in [-0.2, -0.15) is 0 Å². The SMILES string of the molecule is NC(=O)c1cccc(CNC(=O)c2ccc(NS(=O)(=O)c3cccs3)cc2)c1. The molecule has 4 N–H and O–H groups in total. The summed E-state index contributed by atoms with van der Waals surface area (Å²) < 4.78 is 27.1. The molecule has 0 radical (unpaired) electrons. The monoisotopic (exact) mass is 415 g/mol. The van der Waals surface area contributed by atoms with Crippen LogP contribution in [-0.4, -0.2) is 20.2 Å². The van der Waals surface area contributed by atoms with Crippen molar-refractivity contribution in [3.63, 3.8) is 0 Å². The van der Waals surface area contributed by atoms with Crippen LogP contribution in [0.5, 0.6) is 0 Å². The molecule has 28 heavy (non-hydrogen) atoms. The average molecular weight is 415 g/mol. The van der Waals surface area contributed by atoms with E-state index in [0.717, 1.165) is 16.9 Å². The molecule has 0 saturated carbocycles. The maximum absolute atomic E-state index is 12.3. The topological polar surface area (TPSA) is 118 Å². The smallest absolute Gasteiger partial charge is 0.271 e. The van der Waals surface area contributed by atoms with Crippen LogP contribution in [0.2, 0.25) is 0 Å². The molecule has 7 nitrogen and oxygen atoms in total. The maximum Gasteiger partial charge on any atom is 0.271 e. The van der Waals surface area contributed by atoms with Gasteiger partial charge in [-0.25, -0.2) is 8.42 Å². The van der Waals surface area contributed by atoms with Crippen molar-refractivity contribution >= 4 is 38.9 Å².